The third-order valence-electron chi connectivity index (χ3n) is 5.51. The fraction of sp³-hybridized carbons (Fsp3) is 0.154. The van der Waals surface area contributed by atoms with Gasteiger partial charge < -0.3 is 5.32 Å². The van der Waals surface area contributed by atoms with Crippen molar-refractivity contribution >= 4 is 16.9 Å². The maximum absolute atomic E-state index is 12.6. The zero-order valence-electron chi connectivity index (χ0n) is 18.1. The Hall–Kier alpha value is -4.26. The fourth-order valence-electron chi connectivity index (χ4n) is 3.96. The smallest absolute Gasteiger partial charge is 0.220 e. The molecule has 3 aromatic carbocycles. The van der Waals surface area contributed by atoms with Crippen molar-refractivity contribution in [3.63, 3.8) is 0 Å². The lowest BCUT2D eigenvalue weighted by Crippen LogP contribution is -2.23. The van der Waals surface area contributed by atoms with Crippen LogP contribution in [-0.4, -0.2) is 30.2 Å². The molecule has 5 aromatic rings. The number of hydrogen-bond acceptors (Lipinski definition) is 4. The summed E-state index contributed by atoms with van der Waals surface area (Å²) in [6.45, 7) is 1.14. The van der Waals surface area contributed by atoms with Crippen LogP contribution < -0.4 is 5.32 Å². The van der Waals surface area contributed by atoms with E-state index in [-0.39, 0.29) is 5.91 Å². The minimum atomic E-state index is 0.00310. The van der Waals surface area contributed by atoms with Crippen LogP contribution in [0.2, 0.25) is 0 Å². The van der Waals surface area contributed by atoms with Gasteiger partial charge >= 0.3 is 0 Å². The normalized spacial score (nSPS) is 11.0. The number of benzene rings is 3. The fourth-order valence-corrected chi connectivity index (χ4v) is 3.96. The molecule has 1 N–H and O–H groups in total. The van der Waals surface area contributed by atoms with Gasteiger partial charge in [-0.05, 0) is 35.4 Å². The van der Waals surface area contributed by atoms with Crippen LogP contribution in [-0.2, 0) is 24.3 Å². The average molecular weight is 437 g/mol. The molecule has 0 saturated heterocycles. The Bertz CT molecular complexity index is 1360. The van der Waals surface area contributed by atoms with Gasteiger partial charge in [-0.1, -0.05) is 54.6 Å². The van der Waals surface area contributed by atoms with Crippen LogP contribution in [0.15, 0.2) is 91.5 Å². The summed E-state index contributed by atoms with van der Waals surface area (Å²) >= 11 is 0. The minimum absolute atomic E-state index is 0.00310. The Balaban J connectivity index is 1.24. The van der Waals surface area contributed by atoms with Gasteiger partial charge in [0.1, 0.15) is 18.5 Å². The molecule has 164 valence electrons. The molecule has 0 bridgehead atoms. The summed E-state index contributed by atoms with van der Waals surface area (Å²) in [6, 6.07) is 26.3. The Morgan fingerprint density at radius 1 is 0.909 bits per heavy atom. The number of aryl methyl sites for hydroxylation is 1. The summed E-state index contributed by atoms with van der Waals surface area (Å²) in [5.74, 6) is 0.885. The number of rotatable bonds is 8. The molecule has 0 radical (unpaired) electrons. The zero-order chi connectivity index (χ0) is 22.5. The number of nitrogens with zero attached hydrogens (tertiary/aromatic N) is 5. The number of fused-ring (bicyclic) bond motifs is 1. The van der Waals surface area contributed by atoms with Crippen LogP contribution in [0.25, 0.3) is 16.7 Å². The summed E-state index contributed by atoms with van der Waals surface area (Å²) in [7, 11) is 0. The predicted octanol–water partition coefficient (Wildman–Crippen LogP) is 3.91. The van der Waals surface area contributed by atoms with Crippen LogP contribution >= 0.6 is 0 Å². The molecule has 0 aliphatic rings. The van der Waals surface area contributed by atoms with Gasteiger partial charge in [0.05, 0.1) is 17.6 Å². The molecule has 0 saturated carbocycles. The van der Waals surface area contributed by atoms with Gasteiger partial charge in [-0.3, -0.25) is 9.36 Å². The first kappa shape index (κ1) is 20.6. The lowest BCUT2D eigenvalue weighted by Gasteiger charge is -2.10. The van der Waals surface area contributed by atoms with E-state index in [4.69, 9.17) is 4.98 Å². The van der Waals surface area contributed by atoms with E-state index in [0.717, 1.165) is 33.7 Å². The van der Waals surface area contributed by atoms with E-state index in [1.165, 1.54) is 6.33 Å². The van der Waals surface area contributed by atoms with Gasteiger partial charge in [-0.15, -0.1) is 0 Å². The van der Waals surface area contributed by atoms with Gasteiger partial charge in [-0.25, -0.2) is 14.6 Å². The largest absolute Gasteiger partial charge is 0.352 e. The third kappa shape index (κ3) is 4.82. The number of carbonyl (C=O) groups is 1. The second-order valence-electron chi connectivity index (χ2n) is 7.88. The number of carbonyl (C=O) groups excluding carboxylic acids is 1. The highest BCUT2D eigenvalue weighted by Gasteiger charge is 2.13. The van der Waals surface area contributed by atoms with Crippen molar-refractivity contribution in [2.75, 3.05) is 0 Å². The predicted molar refractivity (Wildman–Crippen MR) is 127 cm³/mol. The van der Waals surface area contributed by atoms with Crippen molar-refractivity contribution in [1.82, 2.24) is 29.6 Å². The second kappa shape index (κ2) is 9.48. The maximum atomic E-state index is 12.6. The molecule has 33 heavy (non-hydrogen) atoms. The topological polar surface area (TPSA) is 77.6 Å². The van der Waals surface area contributed by atoms with Crippen molar-refractivity contribution in [3.8, 4) is 5.69 Å². The van der Waals surface area contributed by atoms with Crippen molar-refractivity contribution < 1.29 is 4.79 Å². The number of para-hydroxylation sites is 3. The molecule has 0 spiro atoms. The SMILES string of the molecule is O=C(CCc1nc2ccccc2n1-c1ccccc1)NCc1cccc(Cn2cncn2)c1. The van der Waals surface area contributed by atoms with Crippen LogP contribution in [0.1, 0.15) is 23.4 Å². The molecule has 5 rings (SSSR count). The Morgan fingerprint density at radius 3 is 2.58 bits per heavy atom. The van der Waals surface area contributed by atoms with Crippen molar-refractivity contribution in [1.29, 1.82) is 0 Å². The first-order valence-corrected chi connectivity index (χ1v) is 10.9. The summed E-state index contributed by atoms with van der Waals surface area (Å²) in [5, 5.41) is 7.18. The highest BCUT2D eigenvalue weighted by Crippen LogP contribution is 2.22. The molecular formula is C26H24N6O. The van der Waals surface area contributed by atoms with Crippen molar-refractivity contribution in [3.05, 3.63) is 108 Å². The van der Waals surface area contributed by atoms with E-state index < -0.39 is 0 Å². The van der Waals surface area contributed by atoms with E-state index in [9.17, 15) is 4.79 Å². The minimum Gasteiger partial charge on any atom is -0.352 e. The molecule has 0 fully saturated rings. The van der Waals surface area contributed by atoms with Gasteiger partial charge in [-0.2, -0.15) is 5.10 Å². The lowest BCUT2D eigenvalue weighted by molar-refractivity contribution is -0.121. The van der Waals surface area contributed by atoms with E-state index in [0.29, 0.717) is 25.9 Å². The number of imidazole rings is 1. The zero-order valence-corrected chi connectivity index (χ0v) is 18.1. The monoisotopic (exact) mass is 436 g/mol. The molecule has 2 heterocycles. The summed E-state index contributed by atoms with van der Waals surface area (Å²) in [5.41, 5.74) is 5.19. The highest BCUT2D eigenvalue weighted by molar-refractivity contribution is 5.79. The van der Waals surface area contributed by atoms with Crippen LogP contribution in [0.5, 0.6) is 0 Å². The number of hydrogen-bond donors (Lipinski definition) is 1. The third-order valence-corrected chi connectivity index (χ3v) is 5.51. The number of nitrogens with one attached hydrogen (secondary N) is 1. The maximum Gasteiger partial charge on any atom is 0.220 e. The van der Waals surface area contributed by atoms with Crippen molar-refractivity contribution in [2.45, 2.75) is 25.9 Å². The average Bonchev–Trinajstić information content (AvgIpc) is 3.49. The standard InChI is InChI=1S/C26H24N6O/c33-26(28-16-20-7-6-8-21(15-20)17-31-19-27-18-29-31)14-13-25-30-23-11-4-5-12-24(23)32(25)22-9-2-1-3-10-22/h1-12,15,18-19H,13-14,16-17H2,(H,28,33). The van der Waals surface area contributed by atoms with E-state index in [2.05, 4.69) is 44.2 Å². The number of aromatic nitrogens is 5. The van der Waals surface area contributed by atoms with Crippen LogP contribution in [0.3, 0.4) is 0 Å². The van der Waals surface area contributed by atoms with E-state index in [1.54, 1.807) is 11.0 Å². The Labute approximate surface area is 191 Å². The quantitative estimate of drug-likeness (QED) is 0.400. The van der Waals surface area contributed by atoms with Crippen LogP contribution in [0.4, 0.5) is 0 Å². The van der Waals surface area contributed by atoms with E-state index in [1.807, 2.05) is 54.6 Å². The second-order valence-corrected chi connectivity index (χ2v) is 7.88. The van der Waals surface area contributed by atoms with E-state index >= 15 is 0 Å². The molecule has 0 atom stereocenters. The Morgan fingerprint density at radius 2 is 1.73 bits per heavy atom. The molecule has 7 nitrogen and oxygen atoms in total. The summed E-state index contributed by atoms with van der Waals surface area (Å²) in [6.07, 6.45) is 4.14. The summed E-state index contributed by atoms with van der Waals surface area (Å²) < 4.78 is 3.91. The molecule has 0 aliphatic heterocycles. The lowest BCUT2D eigenvalue weighted by atomic mass is 10.1. The highest BCUT2D eigenvalue weighted by atomic mass is 16.1. The first-order valence-electron chi connectivity index (χ1n) is 10.9. The molecule has 1 amide bonds. The first-order chi connectivity index (χ1) is 16.3. The summed E-state index contributed by atoms with van der Waals surface area (Å²) in [4.78, 5) is 21.4. The molecule has 0 unspecified atom stereocenters. The molecule has 7 heteroatoms. The number of amides is 1. The molecular weight excluding hydrogens is 412 g/mol. The Kier molecular flexibility index (Phi) is 5.93. The van der Waals surface area contributed by atoms with Gasteiger partial charge in [0.15, 0.2) is 0 Å². The van der Waals surface area contributed by atoms with Gasteiger partial charge in [0, 0.05) is 25.1 Å². The van der Waals surface area contributed by atoms with Crippen LogP contribution in [0, 0.1) is 0 Å². The molecule has 2 aromatic heterocycles. The molecule has 0 aliphatic carbocycles. The van der Waals surface area contributed by atoms with Gasteiger partial charge in [0.25, 0.3) is 0 Å². The van der Waals surface area contributed by atoms with Crippen molar-refractivity contribution in [2.24, 2.45) is 0 Å². The van der Waals surface area contributed by atoms with Gasteiger partial charge in [0.2, 0.25) is 5.91 Å².